The number of nitrogens with zero attached hydrogens (tertiary/aromatic N) is 1. The summed E-state index contributed by atoms with van der Waals surface area (Å²) in [5.74, 6) is -0.560. The van der Waals surface area contributed by atoms with Crippen LogP contribution in [0.1, 0.15) is 25.3 Å². The topological polar surface area (TPSA) is 49.8 Å². The monoisotopic (exact) mass is 265 g/mol. The van der Waals surface area contributed by atoms with Crippen LogP contribution in [0.4, 0.5) is 0 Å². The molecular formula is C15H23NO3. The average Bonchev–Trinajstić information content (AvgIpc) is 2.43. The molecule has 1 unspecified atom stereocenters. The number of methoxy groups -OCH3 is 1. The van der Waals surface area contributed by atoms with Crippen molar-refractivity contribution in [3.05, 3.63) is 35.9 Å². The maximum atomic E-state index is 12.0. The third kappa shape index (κ3) is 4.65. The summed E-state index contributed by atoms with van der Waals surface area (Å²) in [6, 6.07) is 9.88. The predicted molar refractivity (Wildman–Crippen MR) is 75.0 cm³/mol. The van der Waals surface area contributed by atoms with E-state index in [4.69, 9.17) is 9.84 Å². The minimum Gasteiger partial charge on any atom is -0.469 e. The summed E-state index contributed by atoms with van der Waals surface area (Å²) >= 11 is 0. The molecule has 1 aromatic carbocycles. The summed E-state index contributed by atoms with van der Waals surface area (Å²) in [4.78, 5) is 14.0. The molecule has 106 valence electrons. The maximum absolute atomic E-state index is 12.0. The first-order valence-corrected chi connectivity index (χ1v) is 6.57. The first kappa shape index (κ1) is 15.7. The Morgan fingerprint density at radius 3 is 2.42 bits per heavy atom. The number of carbonyl (C=O) groups excluding carboxylic acids is 1. The Kier molecular flexibility index (Phi) is 6.53. The molecule has 1 rings (SSSR count). The van der Waals surface area contributed by atoms with Crippen molar-refractivity contribution in [3.63, 3.8) is 0 Å². The van der Waals surface area contributed by atoms with Crippen molar-refractivity contribution in [2.75, 3.05) is 26.8 Å². The van der Waals surface area contributed by atoms with Crippen molar-refractivity contribution >= 4 is 5.97 Å². The molecule has 0 saturated carbocycles. The van der Waals surface area contributed by atoms with Crippen molar-refractivity contribution in [1.29, 1.82) is 0 Å². The van der Waals surface area contributed by atoms with Crippen LogP contribution < -0.4 is 0 Å². The Balaban J connectivity index is 2.89. The van der Waals surface area contributed by atoms with Gasteiger partial charge in [0.25, 0.3) is 0 Å². The zero-order chi connectivity index (χ0) is 14.3. The molecule has 1 N–H and O–H groups in total. The van der Waals surface area contributed by atoms with E-state index in [2.05, 4.69) is 18.7 Å². The lowest BCUT2D eigenvalue weighted by atomic mass is 9.98. The molecule has 1 atom stereocenters. The smallest absolute Gasteiger partial charge is 0.314 e. The van der Waals surface area contributed by atoms with E-state index >= 15 is 0 Å². The molecule has 19 heavy (non-hydrogen) atoms. The Hall–Kier alpha value is -1.39. The lowest BCUT2D eigenvalue weighted by Crippen LogP contribution is -2.39. The Morgan fingerprint density at radius 2 is 1.95 bits per heavy atom. The highest BCUT2D eigenvalue weighted by molar-refractivity contribution is 5.78. The van der Waals surface area contributed by atoms with Gasteiger partial charge in [0.1, 0.15) is 0 Å². The molecule has 0 saturated heterocycles. The highest BCUT2D eigenvalue weighted by Crippen LogP contribution is 2.19. The third-order valence-electron chi connectivity index (χ3n) is 3.22. The van der Waals surface area contributed by atoms with Gasteiger partial charge in [-0.05, 0) is 19.4 Å². The summed E-state index contributed by atoms with van der Waals surface area (Å²) in [6.45, 7) is 5.29. The van der Waals surface area contributed by atoms with Gasteiger partial charge in [0.05, 0.1) is 19.6 Å². The highest BCUT2D eigenvalue weighted by Gasteiger charge is 2.25. The molecule has 0 radical (unpaired) electrons. The molecule has 4 heteroatoms. The van der Waals surface area contributed by atoms with Gasteiger partial charge in [0.15, 0.2) is 0 Å². The first-order valence-electron chi connectivity index (χ1n) is 6.57. The number of aliphatic hydroxyl groups excluding tert-OH is 1. The van der Waals surface area contributed by atoms with Gasteiger partial charge >= 0.3 is 5.97 Å². The first-order chi connectivity index (χ1) is 9.10. The molecule has 0 bridgehead atoms. The minimum absolute atomic E-state index is 0.0842. The van der Waals surface area contributed by atoms with E-state index in [1.54, 1.807) is 0 Å². The number of aliphatic hydroxyl groups is 1. The molecule has 0 aliphatic heterocycles. The number of ether oxygens (including phenoxy) is 1. The fourth-order valence-corrected chi connectivity index (χ4v) is 2.07. The number of benzene rings is 1. The van der Waals surface area contributed by atoms with E-state index in [0.717, 1.165) is 5.56 Å². The molecular weight excluding hydrogens is 242 g/mol. The van der Waals surface area contributed by atoms with Gasteiger partial charge < -0.3 is 9.84 Å². The van der Waals surface area contributed by atoms with Crippen molar-refractivity contribution in [2.24, 2.45) is 0 Å². The van der Waals surface area contributed by atoms with Gasteiger partial charge in [-0.15, -0.1) is 0 Å². The van der Waals surface area contributed by atoms with Gasteiger partial charge in [0, 0.05) is 19.1 Å². The van der Waals surface area contributed by atoms with Crippen LogP contribution in [0, 0.1) is 0 Å². The van der Waals surface area contributed by atoms with E-state index in [-0.39, 0.29) is 24.5 Å². The van der Waals surface area contributed by atoms with Crippen LogP contribution in [0.2, 0.25) is 0 Å². The van der Waals surface area contributed by atoms with Crippen LogP contribution in [0.3, 0.4) is 0 Å². The molecule has 0 aromatic heterocycles. The van der Waals surface area contributed by atoms with E-state index in [0.29, 0.717) is 13.1 Å². The second kappa shape index (κ2) is 7.92. The van der Waals surface area contributed by atoms with Gasteiger partial charge in [-0.1, -0.05) is 30.3 Å². The molecule has 0 amide bonds. The van der Waals surface area contributed by atoms with Crippen molar-refractivity contribution < 1.29 is 14.6 Å². The average molecular weight is 265 g/mol. The number of hydrogen-bond donors (Lipinski definition) is 1. The van der Waals surface area contributed by atoms with Crippen molar-refractivity contribution in [1.82, 2.24) is 4.90 Å². The lowest BCUT2D eigenvalue weighted by Gasteiger charge is -2.29. The van der Waals surface area contributed by atoms with Gasteiger partial charge in [-0.25, -0.2) is 0 Å². The number of hydrogen-bond acceptors (Lipinski definition) is 4. The van der Waals surface area contributed by atoms with Crippen LogP contribution >= 0.6 is 0 Å². The second-order valence-corrected chi connectivity index (χ2v) is 4.80. The lowest BCUT2D eigenvalue weighted by molar-refractivity contribution is -0.143. The third-order valence-corrected chi connectivity index (χ3v) is 3.22. The van der Waals surface area contributed by atoms with Gasteiger partial charge in [-0.2, -0.15) is 0 Å². The molecule has 0 aliphatic carbocycles. The summed E-state index contributed by atoms with van der Waals surface area (Å²) in [5, 5.41) is 9.11. The maximum Gasteiger partial charge on any atom is 0.314 e. The van der Waals surface area contributed by atoms with Crippen LogP contribution in [-0.2, 0) is 9.53 Å². The molecule has 0 spiro atoms. The molecule has 4 nitrogen and oxygen atoms in total. The fraction of sp³-hybridized carbons (Fsp3) is 0.533. The quantitative estimate of drug-likeness (QED) is 0.762. The van der Waals surface area contributed by atoms with Crippen LogP contribution in [0.5, 0.6) is 0 Å². The van der Waals surface area contributed by atoms with Gasteiger partial charge in [0.2, 0.25) is 0 Å². The van der Waals surface area contributed by atoms with E-state index in [1.807, 2.05) is 30.3 Å². The number of carbonyl (C=O) groups is 1. The van der Waals surface area contributed by atoms with Crippen molar-refractivity contribution in [2.45, 2.75) is 25.8 Å². The van der Waals surface area contributed by atoms with Crippen LogP contribution in [0.15, 0.2) is 30.3 Å². The highest BCUT2D eigenvalue weighted by atomic mass is 16.5. The minimum atomic E-state index is -0.319. The van der Waals surface area contributed by atoms with Crippen LogP contribution in [0.25, 0.3) is 0 Å². The van der Waals surface area contributed by atoms with E-state index in [9.17, 15) is 4.79 Å². The number of esters is 1. The largest absolute Gasteiger partial charge is 0.469 e. The Bertz CT molecular complexity index is 378. The zero-order valence-corrected chi connectivity index (χ0v) is 11.9. The van der Waals surface area contributed by atoms with E-state index < -0.39 is 0 Å². The normalized spacial score (nSPS) is 12.7. The summed E-state index contributed by atoms with van der Waals surface area (Å²) in [6.07, 6.45) is 0. The van der Waals surface area contributed by atoms with Crippen LogP contribution in [-0.4, -0.2) is 48.8 Å². The summed E-state index contributed by atoms with van der Waals surface area (Å²) < 4.78 is 4.90. The van der Waals surface area contributed by atoms with Gasteiger partial charge in [-0.3, -0.25) is 9.69 Å². The summed E-state index contributed by atoms with van der Waals surface area (Å²) in [5.41, 5.74) is 0.943. The summed E-state index contributed by atoms with van der Waals surface area (Å²) in [7, 11) is 1.41. The van der Waals surface area contributed by atoms with E-state index in [1.165, 1.54) is 7.11 Å². The Morgan fingerprint density at radius 1 is 1.32 bits per heavy atom. The van der Waals surface area contributed by atoms with Crippen molar-refractivity contribution in [3.8, 4) is 0 Å². The Labute approximate surface area is 115 Å². The second-order valence-electron chi connectivity index (χ2n) is 4.80. The zero-order valence-electron chi connectivity index (χ0n) is 11.9. The molecule has 1 aromatic rings. The standard InChI is InChI=1S/C15H23NO3/c1-12(2)16(9-10-17)11-14(15(18)19-3)13-7-5-4-6-8-13/h4-8,12,14,17H,9-11H2,1-3H3. The fourth-order valence-electron chi connectivity index (χ4n) is 2.07. The SMILES string of the molecule is COC(=O)C(CN(CCO)C(C)C)c1ccccc1. The molecule has 0 fully saturated rings. The molecule has 0 heterocycles. The molecule has 0 aliphatic rings. The predicted octanol–water partition coefficient (Wildman–Crippen LogP) is 1.65. The number of rotatable bonds is 7.